The summed E-state index contributed by atoms with van der Waals surface area (Å²) < 4.78 is 16.1. The van der Waals surface area contributed by atoms with Crippen molar-refractivity contribution < 1.29 is 28.7 Å². The lowest BCUT2D eigenvalue weighted by Gasteiger charge is -2.25. The average molecular weight is 420 g/mol. The van der Waals surface area contributed by atoms with E-state index in [4.69, 9.17) is 14.0 Å². The summed E-state index contributed by atoms with van der Waals surface area (Å²) in [5.41, 5.74) is 0.784. The molecule has 8 nitrogen and oxygen atoms in total. The summed E-state index contributed by atoms with van der Waals surface area (Å²) in [5.74, 6) is -0.588. The van der Waals surface area contributed by atoms with E-state index in [-0.39, 0.29) is 17.2 Å². The van der Waals surface area contributed by atoms with E-state index in [0.29, 0.717) is 28.4 Å². The molecular formula is C23H20N2O6. The maximum Gasteiger partial charge on any atom is 0.301 e. The number of hydrogen-bond donors (Lipinski definition) is 1. The molecule has 0 bridgehead atoms. The molecule has 2 aromatic carbocycles. The molecule has 1 amide bonds. The Morgan fingerprint density at radius 2 is 1.81 bits per heavy atom. The number of nitrogens with zero attached hydrogens (tertiary/aromatic N) is 2. The van der Waals surface area contributed by atoms with E-state index in [1.54, 1.807) is 61.5 Å². The number of benzene rings is 2. The minimum Gasteiger partial charge on any atom is -0.507 e. The molecule has 2 heterocycles. The van der Waals surface area contributed by atoms with E-state index in [9.17, 15) is 14.7 Å². The molecule has 1 atom stereocenters. The normalized spacial score (nSPS) is 17.8. The predicted molar refractivity (Wildman–Crippen MR) is 112 cm³/mol. The number of hydrogen-bond acceptors (Lipinski definition) is 7. The number of aliphatic hydroxyl groups excluding tert-OH is 1. The van der Waals surface area contributed by atoms with E-state index in [2.05, 4.69) is 5.16 Å². The van der Waals surface area contributed by atoms with Crippen LogP contribution >= 0.6 is 0 Å². The van der Waals surface area contributed by atoms with Crippen molar-refractivity contribution in [1.29, 1.82) is 0 Å². The van der Waals surface area contributed by atoms with Crippen molar-refractivity contribution >= 4 is 23.3 Å². The lowest BCUT2D eigenvalue weighted by molar-refractivity contribution is -0.132. The number of aromatic nitrogens is 1. The highest BCUT2D eigenvalue weighted by Crippen LogP contribution is 2.46. The number of ketones is 1. The molecule has 158 valence electrons. The number of carbonyl (C=O) groups excluding carboxylic acids is 2. The first-order valence-electron chi connectivity index (χ1n) is 9.48. The van der Waals surface area contributed by atoms with Gasteiger partial charge in [-0.2, -0.15) is 0 Å². The lowest BCUT2D eigenvalue weighted by Crippen LogP contribution is -2.30. The number of carbonyl (C=O) groups is 2. The van der Waals surface area contributed by atoms with Gasteiger partial charge in [-0.25, -0.2) is 0 Å². The van der Waals surface area contributed by atoms with Gasteiger partial charge in [-0.15, -0.1) is 0 Å². The molecule has 1 fully saturated rings. The molecule has 31 heavy (non-hydrogen) atoms. The van der Waals surface area contributed by atoms with Crippen LogP contribution in [-0.2, 0) is 9.59 Å². The third kappa shape index (κ3) is 3.31. The first-order chi connectivity index (χ1) is 15.0. The van der Waals surface area contributed by atoms with Crippen molar-refractivity contribution in [1.82, 2.24) is 5.16 Å². The van der Waals surface area contributed by atoms with Crippen LogP contribution in [0.15, 0.2) is 64.7 Å². The molecule has 1 aromatic heterocycles. The van der Waals surface area contributed by atoms with E-state index in [1.807, 2.05) is 0 Å². The van der Waals surface area contributed by atoms with Crippen molar-refractivity contribution in [3.05, 3.63) is 77.1 Å². The van der Waals surface area contributed by atoms with Crippen LogP contribution in [-0.4, -0.2) is 36.2 Å². The second-order valence-corrected chi connectivity index (χ2v) is 6.91. The maximum absolute atomic E-state index is 13.1. The summed E-state index contributed by atoms with van der Waals surface area (Å²) in [5, 5.41) is 15.0. The third-order valence-electron chi connectivity index (χ3n) is 5.08. The van der Waals surface area contributed by atoms with Crippen molar-refractivity contribution in [2.24, 2.45) is 0 Å². The zero-order chi connectivity index (χ0) is 22.1. The summed E-state index contributed by atoms with van der Waals surface area (Å²) in [6.07, 6.45) is 0. The molecule has 0 saturated carbocycles. The topological polar surface area (TPSA) is 102 Å². The minimum atomic E-state index is -1.00. The van der Waals surface area contributed by atoms with Gasteiger partial charge in [0.2, 0.25) is 0 Å². The first kappa shape index (κ1) is 20.2. The summed E-state index contributed by atoms with van der Waals surface area (Å²) in [7, 11) is 2.95. The molecule has 1 aliphatic heterocycles. The number of ether oxygens (including phenoxy) is 2. The third-order valence-corrected chi connectivity index (χ3v) is 5.08. The lowest BCUT2D eigenvalue weighted by atomic mass is 9.94. The number of rotatable bonds is 5. The van der Waals surface area contributed by atoms with Crippen LogP contribution < -0.4 is 14.4 Å². The highest BCUT2D eigenvalue weighted by Gasteiger charge is 2.49. The second kappa shape index (κ2) is 7.98. The van der Waals surface area contributed by atoms with Gasteiger partial charge < -0.3 is 19.1 Å². The van der Waals surface area contributed by atoms with Crippen LogP contribution in [0.25, 0.3) is 5.76 Å². The van der Waals surface area contributed by atoms with Crippen LogP contribution in [0.5, 0.6) is 11.5 Å². The van der Waals surface area contributed by atoms with Gasteiger partial charge >= 0.3 is 5.91 Å². The van der Waals surface area contributed by atoms with Crippen LogP contribution in [0.1, 0.15) is 22.9 Å². The number of amides is 1. The molecule has 0 aliphatic carbocycles. The molecule has 3 aromatic rings. The number of para-hydroxylation sites is 1. The molecule has 1 N–H and O–H groups in total. The van der Waals surface area contributed by atoms with Gasteiger partial charge in [0.15, 0.2) is 17.3 Å². The monoisotopic (exact) mass is 420 g/mol. The Kier molecular flexibility index (Phi) is 5.21. The zero-order valence-electron chi connectivity index (χ0n) is 17.2. The Bertz CT molecular complexity index is 1180. The van der Waals surface area contributed by atoms with Crippen LogP contribution in [0.4, 0.5) is 5.82 Å². The SMILES string of the molecule is COc1cccc([C@@H]2C(=C(O)c3ccccc3)C(=O)C(=O)N2c2cc(C)on2)c1OC. The number of aryl methyl sites for hydroxylation is 1. The van der Waals surface area contributed by atoms with E-state index < -0.39 is 17.7 Å². The second-order valence-electron chi connectivity index (χ2n) is 6.91. The van der Waals surface area contributed by atoms with Gasteiger partial charge in [0.25, 0.3) is 5.78 Å². The minimum absolute atomic E-state index is 0.0802. The Morgan fingerprint density at radius 3 is 2.42 bits per heavy atom. The Balaban J connectivity index is 2.01. The van der Waals surface area contributed by atoms with Gasteiger partial charge in [-0.1, -0.05) is 47.6 Å². The van der Waals surface area contributed by atoms with Gasteiger partial charge in [-0.3, -0.25) is 14.5 Å². The van der Waals surface area contributed by atoms with Crippen LogP contribution in [0, 0.1) is 6.92 Å². The quantitative estimate of drug-likeness (QED) is 0.382. The van der Waals surface area contributed by atoms with Gasteiger partial charge in [0.1, 0.15) is 17.6 Å². The summed E-state index contributed by atoms with van der Waals surface area (Å²) >= 11 is 0. The predicted octanol–water partition coefficient (Wildman–Crippen LogP) is 3.63. The first-order valence-corrected chi connectivity index (χ1v) is 9.48. The summed E-state index contributed by atoms with van der Waals surface area (Å²) in [4.78, 5) is 27.4. The number of methoxy groups -OCH3 is 2. The Morgan fingerprint density at radius 1 is 1.06 bits per heavy atom. The van der Waals surface area contributed by atoms with Gasteiger partial charge in [-0.05, 0) is 13.0 Å². The number of aliphatic hydroxyl groups is 1. The van der Waals surface area contributed by atoms with E-state index in [1.165, 1.54) is 19.1 Å². The highest BCUT2D eigenvalue weighted by molar-refractivity contribution is 6.51. The molecule has 0 spiro atoms. The van der Waals surface area contributed by atoms with Crippen molar-refractivity contribution in [2.75, 3.05) is 19.1 Å². The van der Waals surface area contributed by atoms with Crippen LogP contribution in [0.2, 0.25) is 0 Å². The molecule has 1 saturated heterocycles. The van der Waals surface area contributed by atoms with Crippen molar-refractivity contribution in [2.45, 2.75) is 13.0 Å². The summed E-state index contributed by atoms with van der Waals surface area (Å²) in [6, 6.07) is 14.2. The zero-order valence-corrected chi connectivity index (χ0v) is 17.2. The molecule has 1 aliphatic rings. The smallest absolute Gasteiger partial charge is 0.301 e. The van der Waals surface area contributed by atoms with Crippen molar-refractivity contribution in [3.63, 3.8) is 0 Å². The van der Waals surface area contributed by atoms with E-state index in [0.717, 1.165) is 0 Å². The fourth-order valence-electron chi connectivity index (χ4n) is 3.71. The highest BCUT2D eigenvalue weighted by atomic mass is 16.5. The van der Waals surface area contributed by atoms with Crippen LogP contribution in [0.3, 0.4) is 0 Å². The molecular weight excluding hydrogens is 400 g/mol. The summed E-state index contributed by atoms with van der Waals surface area (Å²) in [6.45, 7) is 1.68. The standard InChI is InChI=1S/C23H20N2O6/c1-13-12-17(24-31-13)25-19(15-10-7-11-16(29-2)22(15)30-3)18(21(27)23(25)28)20(26)14-8-5-4-6-9-14/h4-12,19,26H,1-3H3/t19-/m1/s1. The molecule has 8 heteroatoms. The largest absolute Gasteiger partial charge is 0.507 e. The average Bonchev–Trinajstić information content (AvgIpc) is 3.33. The molecule has 0 radical (unpaired) electrons. The molecule has 4 rings (SSSR count). The number of Topliss-reactive ketones (excluding diaryl/α,β-unsaturated/α-hetero) is 1. The Labute approximate surface area is 178 Å². The van der Waals surface area contributed by atoms with Crippen molar-refractivity contribution in [3.8, 4) is 11.5 Å². The Hall–Kier alpha value is -4.07. The van der Waals surface area contributed by atoms with Gasteiger partial charge in [0.05, 0.1) is 19.8 Å². The number of anilines is 1. The van der Waals surface area contributed by atoms with E-state index >= 15 is 0 Å². The maximum atomic E-state index is 13.1. The fourth-order valence-corrected chi connectivity index (χ4v) is 3.71. The molecule has 0 unspecified atom stereocenters. The van der Waals surface area contributed by atoms with Gasteiger partial charge in [0, 0.05) is 17.2 Å². The fraction of sp³-hybridized carbons (Fsp3) is 0.174.